The van der Waals surface area contributed by atoms with Crippen molar-refractivity contribution in [2.24, 2.45) is 5.41 Å². The molecule has 3 N–H and O–H groups in total. The van der Waals surface area contributed by atoms with Crippen molar-refractivity contribution < 1.29 is 15.0 Å². The minimum absolute atomic E-state index is 0.0858. The Labute approximate surface area is 64.2 Å². The zero-order valence-corrected chi connectivity index (χ0v) is 6.13. The third-order valence-electron chi connectivity index (χ3n) is 2.85. The molecule has 0 aliphatic heterocycles. The molecule has 0 radical (unpaired) electrons. The Balaban J connectivity index is 1.89. The average molecular weight is 157 g/mol. The summed E-state index contributed by atoms with van der Waals surface area (Å²) < 4.78 is 0. The normalized spacial score (nSPS) is 45.5. The van der Waals surface area contributed by atoms with E-state index in [0.29, 0.717) is 0 Å². The van der Waals surface area contributed by atoms with Gasteiger partial charge in [0.2, 0.25) is 0 Å². The molecule has 0 aromatic heterocycles. The Bertz CT molecular complexity index is 194. The van der Waals surface area contributed by atoms with Gasteiger partial charge in [0.25, 0.3) is 0 Å². The van der Waals surface area contributed by atoms with E-state index in [-0.39, 0.29) is 17.6 Å². The van der Waals surface area contributed by atoms with Crippen molar-refractivity contribution in [3.8, 4) is 0 Å². The molecular weight excluding hydrogens is 146 g/mol. The molecule has 4 heteroatoms. The summed E-state index contributed by atoms with van der Waals surface area (Å²) in [4.78, 5) is 10.3. The molecule has 0 aromatic rings. The monoisotopic (exact) mass is 157 g/mol. The second kappa shape index (κ2) is 1.69. The Hall–Kier alpha value is -0.770. The van der Waals surface area contributed by atoms with Gasteiger partial charge in [-0.1, -0.05) is 0 Å². The zero-order valence-electron chi connectivity index (χ0n) is 6.13. The van der Waals surface area contributed by atoms with E-state index in [4.69, 9.17) is 10.2 Å². The molecule has 3 aliphatic rings. The van der Waals surface area contributed by atoms with Gasteiger partial charge in [-0.05, 0) is 19.3 Å². The van der Waals surface area contributed by atoms with Gasteiger partial charge in [0.1, 0.15) is 0 Å². The van der Waals surface area contributed by atoms with Crippen molar-refractivity contribution in [2.45, 2.75) is 24.8 Å². The predicted octanol–water partition coefficient (Wildman–Crippen LogP) is 0.169. The molecule has 0 spiro atoms. The maximum atomic E-state index is 10.3. The molecule has 3 saturated carbocycles. The van der Waals surface area contributed by atoms with Crippen LogP contribution in [0.4, 0.5) is 4.79 Å². The Morgan fingerprint density at radius 1 is 1.45 bits per heavy atom. The van der Waals surface area contributed by atoms with E-state index in [1.54, 1.807) is 0 Å². The van der Waals surface area contributed by atoms with Gasteiger partial charge in [0.15, 0.2) is 0 Å². The van der Waals surface area contributed by atoms with Crippen molar-refractivity contribution in [3.05, 3.63) is 0 Å². The van der Waals surface area contributed by atoms with Gasteiger partial charge in [-0.2, -0.15) is 0 Å². The lowest BCUT2D eigenvalue weighted by Crippen LogP contribution is -2.75. The fourth-order valence-corrected chi connectivity index (χ4v) is 2.53. The molecule has 62 valence electrons. The second-order valence-electron chi connectivity index (χ2n) is 3.90. The van der Waals surface area contributed by atoms with Crippen molar-refractivity contribution in [1.82, 2.24) is 5.32 Å². The van der Waals surface area contributed by atoms with Crippen molar-refractivity contribution in [1.29, 1.82) is 0 Å². The van der Waals surface area contributed by atoms with Gasteiger partial charge >= 0.3 is 6.09 Å². The van der Waals surface area contributed by atoms with Gasteiger partial charge in [-0.15, -0.1) is 0 Å². The lowest BCUT2D eigenvalue weighted by molar-refractivity contribution is -0.173. The Morgan fingerprint density at radius 2 is 2.00 bits per heavy atom. The number of aliphatic hydroxyl groups is 1. The first-order chi connectivity index (χ1) is 5.10. The van der Waals surface area contributed by atoms with E-state index in [2.05, 4.69) is 5.32 Å². The fourth-order valence-electron chi connectivity index (χ4n) is 2.53. The molecule has 3 rings (SSSR count). The molecule has 3 aliphatic carbocycles. The van der Waals surface area contributed by atoms with Crippen LogP contribution in [-0.2, 0) is 0 Å². The number of aliphatic hydroxyl groups excluding tert-OH is 1. The largest absolute Gasteiger partial charge is 0.465 e. The highest BCUT2D eigenvalue weighted by atomic mass is 16.4. The number of nitrogens with one attached hydrogen (secondary N) is 1. The van der Waals surface area contributed by atoms with E-state index >= 15 is 0 Å². The topological polar surface area (TPSA) is 69.6 Å². The van der Waals surface area contributed by atoms with Gasteiger partial charge < -0.3 is 15.5 Å². The molecule has 11 heavy (non-hydrogen) atoms. The molecule has 0 heterocycles. The van der Waals surface area contributed by atoms with Gasteiger partial charge in [-0.25, -0.2) is 4.79 Å². The first-order valence-corrected chi connectivity index (χ1v) is 3.72. The van der Waals surface area contributed by atoms with Crippen molar-refractivity contribution in [2.75, 3.05) is 6.61 Å². The molecule has 1 amide bonds. The quantitative estimate of drug-likeness (QED) is 0.535. The van der Waals surface area contributed by atoms with Crippen LogP contribution in [0, 0.1) is 5.41 Å². The molecule has 0 aromatic carbocycles. The summed E-state index contributed by atoms with van der Waals surface area (Å²) in [6, 6.07) is 0. The Kier molecular flexibility index (Phi) is 1.06. The molecule has 3 fully saturated rings. The number of hydrogen-bond acceptors (Lipinski definition) is 2. The summed E-state index contributed by atoms with van der Waals surface area (Å²) in [7, 11) is 0. The van der Waals surface area contributed by atoms with Crippen LogP contribution in [-0.4, -0.2) is 28.5 Å². The summed E-state index contributed by atoms with van der Waals surface area (Å²) in [5, 5.41) is 19.8. The average Bonchev–Trinajstić information content (AvgIpc) is 1.74. The molecule has 0 atom stereocenters. The molecule has 0 saturated heterocycles. The molecule has 0 unspecified atom stereocenters. The second-order valence-corrected chi connectivity index (χ2v) is 3.90. The smallest absolute Gasteiger partial charge is 0.405 e. The van der Waals surface area contributed by atoms with Gasteiger partial charge in [0, 0.05) is 17.6 Å². The lowest BCUT2D eigenvalue weighted by Gasteiger charge is -2.69. The van der Waals surface area contributed by atoms with Crippen molar-refractivity contribution in [3.63, 3.8) is 0 Å². The van der Waals surface area contributed by atoms with Crippen LogP contribution in [0.25, 0.3) is 0 Å². The number of amides is 1. The van der Waals surface area contributed by atoms with E-state index < -0.39 is 6.09 Å². The first kappa shape index (κ1) is 6.91. The van der Waals surface area contributed by atoms with Crippen LogP contribution in [0.5, 0.6) is 0 Å². The summed E-state index contributed by atoms with van der Waals surface area (Å²) in [5.74, 6) is 0. The number of rotatable bonds is 2. The minimum Gasteiger partial charge on any atom is -0.465 e. The van der Waals surface area contributed by atoms with Crippen LogP contribution in [0.2, 0.25) is 0 Å². The summed E-state index contributed by atoms with van der Waals surface area (Å²) in [6.45, 7) is 0.204. The summed E-state index contributed by atoms with van der Waals surface area (Å²) in [5.41, 5.74) is -0.0724. The molecule has 2 bridgehead atoms. The third kappa shape index (κ3) is 0.758. The Morgan fingerprint density at radius 3 is 2.36 bits per heavy atom. The first-order valence-electron chi connectivity index (χ1n) is 3.72. The highest BCUT2D eigenvalue weighted by Crippen LogP contribution is 2.66. The lowest BCUT2D eigenvalue weighted by atomic mass is 9.40. The van der Waals surface area contributed by atoms with Crippen LogP contribution in [0.3, 0.4) is 0 Å². The summed E-state index contributed by atoms with van der Waals surface area (Å²) >= 11 is 0. The molecule has 4 nitrogen and oxygen atoms in total. The predicted molar refractivity (Wildman–Crippen MR) is 37.3 cm³/mol. The molecular formula is C7H11NO3. The third-order valence-corrected chi connectivity index (χ3v) is 2.85. The minimum atomic E-state index is -0.948. The van der Waals surface area contributed by atoms with E-state index in [0.717, 1.165) is 19.3 Å². The van der Waals surface area contributed by atoms with E-state index in [1.807, 2.05) is 0 Å². The maximum Gasteiger partial charge on any atom is 0.405 e. The standard InChI is InChI=1S/C7H11NO3/c9-4-6-1-7(2-6,3-6)8-5(10)11/h8-9H,1-4H2,(H,10,11). The fraction of sp³-hybridized carbons (Fsp3) is 0.857. The zero-order chi connectivity index (χ0) is 8.11. The summed E-state index contributed by atoms with van der Waals surface area (Å²) in [6.07, 6.45) is 1.52. The van der Waals surface area contributed by atoms with Crippen LogP contribution >= 0.6 is 0 Å². The SMILES string of the molecule is O=C(O)NC12CC(CO)(C1)C2. The number of hydrogen-bond donors (Lipinski definition) is 3. The number of carbonyl (C=O) groups is 1. The highest BCUT2D eigenvalue weighted by Gasteiger charge is 2.68. The van der Waals surface area contributed by atoms with Crippen LogP contribution in [0.1, 0.15) is 19.3 Å². The highest BCUT2D eigenvalue weighted by molar-refractivity contribution is 5.66. The van der Waals surface area contributed by atoms with E-state index in [1.165, 1.54) is 0 Å². The van der Waals surface area contributed by atoms with Gasteiger partial charge in [0.05, 0.1) is 0 Å². The maximum absolute atomic E-state index is 10.3. The van der Waals surface area contributed by atoms with Gasteiger partial charge in [-0.3, -0.25) is 0 Å². The van der Waals surface area contributed by atoms with Crippen LogP contribution in [0.15, 0.2) is 0 Å². The van der Waals surface area contributed by atoms with E-state index in [9.17, 15) is 4.79 Å². The number of carboxylic acid groups (broad SMARTS) is 1. The van der Waals surface area contributed by atoms with Crippen molar-refractivity contribution >= 4 is 6.09 Å². The van der Waals surface area contributed by atoms with Crippen LogP contribution < -0.4 is 5.32 Å².